The minimum absolute atomic E-state index is 0.0258. The monoisotopic (exact) mass is 294 g/mol. The molecule has 1 atom stereocenters. The molecule has 2 aromatic heterocycles. The van der Waals surface area contributed by atoms with Crippen LogP contribution in [-0.4, -0.2) is 27.6 Å². The van der Waals surface area contributed by atoms with Gasteiger partial charge in [-0.2, -0.15) is 10.1 Å². The third-order valence-electron chi connectivity index (χ3n) is 3.77. The van der Waals surface area contributed by atoms with Crippen LogP contribution in [-0.2, 0) is 0 Å². The summed E-state index contributed by atoms with van der Waals surface area (Å²) in [5.41, 5.74) is 2.01. The predicted octanol–water partition coefficient (Wildman–Crippen LogP) is 2.99. The number of nitrogens with zero attached hydrogens (tertiary/aromatic N) is 4. The van der Waals surface area contributed by atoms with E-state index < -0.39 is 0 Å². The summed E-state index contributed by atoms with van der Waals surface area (Å²) in [6.07, 6.45) is 3.90. The number of fused-ring (bicyclic) bond motifs is 1. The van der Waals surface area contributed by atoms with Gasteiger partial charge in [0.25, 0.3) is 0 Å². The minimum Gasteiger partial charge on any atom is -0.497 e. The summed E-state index contributed by atoms with van der Waals surface area (Å²) in [5, 5.41) is 4.27. The van der Waals surface area contributed by atoms with E-state index in [0.717, 1.165) is 22.8 Å². The molecule has 0 bridgehead atoms. The zero-order valence-corrected chi connectivity index (χ0v) is 12.0. The molecule has 0 amide bonds. The molecule has 22 heavy (non-hydrogen) atoms. The molecule has 0 radical (unpaired) electrons. The van der Waals surface area contributed by atoms with Crippen molar-refractivity contribution in [2.45, 2.75) is 12.5 Å². The largest absolute Gasteiger partial charge is 0.497 e. The van der Waals surface area contributed by atoms with Gasteiger partial charge in [0.2, 0.25) is 5.95 Å². The van der Waals surface area contributed by atoms with Crippen LogP contribution < -0.4 is 4.74 Å². The smallest absolute Gasteiger partial charge is 0.248 e. The van der Waals surface area contributed by atoms with Crippen LogP contribution in [0.15, 0.2) is 58.4 Å². The van der Waals surface area contributed by atoms with Gasteiger partial charge < -0.3 is 9.15 Å². The molecule has 1 aliphatic rings. The summed E-state index contributed by atoms with van der Waals surface area (Å²) in [5.74, 6) is 2.28. The number of furan rings is 1. The Balaban J connectivity index is 1.75. The molecule has 6 nitrogen and oxygen atoms in total. The van der Waals surface area contributed by atoms with Gasteiger partial charge in [-0.05, 0) is 42.0 Å². The van der Waals surface area contributed by atoms with Crippen molar-refractivity contribution in [3.8, 4) is 5.75 Å². The number of aliphatic imine (C=N–C) groups is 1. The zero-order valence-electron chi connectivity index (χ0n) is 12.0. The van der Waals surface area contributed by atoms with E-state index in [2.05, 4.69) is 15.1 Å². The first-order chi connectivity index (χ1) is 10.8. The third-order valence-corrected chi connectivity index (χ3v) is 3.77. The van der Waals surface area contributed by atoms with Crippen LogP contribution in [0.2, 0.25) is 0 Å². The summed E-state index contributed by atoms with van der Waals surface area (Å²) in [6.45, 7) is 0. The molecule has 1 aliphatic heterocycles. The van der Waals surface area contributed by atoms with Crippen molar-refractivity contribution >= 4 is 11.7 Å². The number of hydrogen-bond donors (Lipinski definition) is 0. The predicted molar refractivity (Wildman–Crippen MR) is 80.7 cm³/mol. The lowest BCUT2D eigenvalue weighted by Gasteiger charge is -2.21. The van der Waals surface area contributed by atoms with Crippen LogP contribution in [0.3, 0.4) is 0 Å². The Morgan fingerprint density at radius 2 is 2.09 bits per heavy atom. The van der Waals surface area contributed by atoms with Crippen LogP contribution in [0, 0.1) is 0 Å². The number of rotatable bonds is 3. The van der Waals surface area contributed by atoms with Gasteiger partial charge in [0.1, 0.15) is 23.9 Å². The lowest BCUT2D eigenvalue weighted by atomic mass is 10.00. The topological polar surface area (TPSA) is 65.4 Å². The van der Waals surface area contributed by atoms with E-state index in [-0.39, 0.29) is 6.04 Å². The Morgan fingerprint density at radius 1 is 1.23 bits per heavy atom. The summed E-state index contributed by atoms with van der Waals surface area (Å²) < 4.78 is 12.6. The van der Waals surface area contributed by atoms with Crippen molar-refractivity contribution in [3.05, 3.63) is 60.3 Å². The molecule has 110 valence electrons. The number of hydrogen-bond acceptors (Lipinski definition) is 5. The SMILES string of the molecule is COc1ccc(C2=Nc3ncnn3C(c3ccco3)C2)cc1. The minimum atomic E-state index is -0.0258. The Hall–Kier alpha value is -2.89. The standard InChI is InChI=1S/C16H14N4O2/c1-21-12-6-4-11(5-7-12)13-9-14(15-3-2-8-22-15)20-16(19-13)17-10-18-20/h2-8,10,14H,9H2,1H3. The molecule has 0 saturated heterocycles. The molecule has 0 aliphatic carbocycles. The Bertz CT molecular complexity index is 803. The maximum absolute atomic E-state index is 5.56. The van der Waals surface area contributed by atoms with Crippen molar-refractivity contribution in [2.24, 2.45) is 4.99 Å². The van der Waals surface area contributed by atoms with E-state index in [1.807, 2.05) is 36.4 Å². The Morgan fingerprint density at radius 3 is 2.82 bits per heavy atom. The van der Waals surface area contributed by atoms with Gasteiger partial charge in [0.05, 0.1) is 19.1 Å². The molecular formula is C16H14N4O2. The first-order valence-electron chi connectivity index (χ1n) is 7.00. The van der Waals surface area contributed by atoms with Crippen LogP contribution in [0.4, 0.5) is 5.95 Å². The second kappa shape index (κ2) is 5.14. The van der Waals surface area contributed by atoms with Gasteiger partial charge >= 0.3 is 0 Å². The summed E-state index contributed by atoms with van der Waals surface area (Å²) in [7, 11) is 1.66. The van der Waals surface area contributed by atoms with Crippen molar-refractivity contribution in [1.29, 1.82) is 0 Å². The fourth-order valence-corrected chi connectivity index (χ4v) is 2.65. The lowest BCUT2D eigenvalue weighted by Crippen LogP contribution is -2.20. The first kappa shape index (κ1) is 12.8. The quantitative estimate of drug-likeness (QED) is 0.745. The van der Waals surface area contributed by atoms with E-state index in [1.165, 1.54) is 6.33 Å². The van der Waals surface area contributed by atoms with Crippen molar-refractivity contribution < 1.29 is 9.15 Å². The Kier molecular flexibility index (Phi) is 3.00. The molecule has 3 heterocycles. The molecule has 6 heteroatoms. The highest BCUT2D eigenvalue weighted by atomic mass is 16.5. The van der Waals surface area contributed by atoms with Crippen LogP contribution >= 0.6 is 0 Å². The van der Waals surface area contributed by atoms with Crippen molar-refractivity contribution in [2.75, 3.05) is 7.11 Å². The molecule has 1 aromatic carbocycles. The maximum Gasteiger partial charge on any atom is 0.248 e. The molecule has 0 fully saturated rings. The average Bonchev–Trinajstić information content (AvgIpc) is 3.25. The molecule has 4 rings (SSSR count). The van der Waals surface area contributed by atoms with Gasteiger partial charge in [-0.3, -0.25) is 0 Å². The number of ether oxygens (including phenoxy) is 1. The van der Waals surface area contributed by atoms with Gasteiger partial charge in [-0.1, -0.05) is 0 Å². The molecule has 0 N–H and O–H groups in total. The number of aromatic nitrogens is 3. The fourth-order valence-electron chi connectivity index (χ4n) is 2.65. The normalized spacial score (nSPS) is 17.0. The first-order valence-corrected chi connectivity index (χ1v) is 7.00. The van der Waals surface area contributed by atoms with E-state index >= 15 is 0 Å². The molecule has 0 spiro atoms. The van der Waals surface area contributed by atoms with E-state index in [0.29, 0.717) is 12.4 Å². The summed E-state index contributed by atoms with van der Waals surface area (Å²) >= 11 is 0. The number of methoxy groups -OCH3 is 1. The summed E-state index contributed by atoms with van der Waals surface area (Å²) in [6, 6.07) is 11.7. The second-order valence-electron chi connectivity index (χ2n) is 5.03. The third kappa shape index (κ3) is 2.09. The van der Waals surface area contributed by atoms with Crippen LogP contribution in [0.25, 0.3) is 0 Å². The molecule has 3 aromatic rings. The average molecular weight is 294 g/mol. The highest BCUT2D eigenvalue weighted by molar-refractivity contribution is 6.02. The van der Waals surface area contributed by atoms with Gasteiger partial charge in [0, 0.05) is 6.42 Å². The highest BCUT2D eigenvalue weighted by Gasteiger charge is 2.27. The van der Waals surface area contributed by atoms with E-state index in [1.54, 1.807) is 18.1 Å². The molecular weight excluding hydrogens is 280 g/mol. The molecule has 0 saturated carbocycles. The maximum atomic E-state index is 5.56. The van der Waals surface area contributed by atoms with E-state index in [9.17, 15) is 0 Å². The van der Waals surface area contributed by atoms with Crippen LogP contribution in [0.1, 0.15) is 23.8 Å². The highest BCUT2D eigenvalue weighted by Crippen LogP contribution is 2.32. The van der Waals surface area contributed by atoms with Crippen molar-refractivity contribution in [1.82, 2.24) is 14.8 Å². The second-order valence-corrected chi connectivity index (χ2v) is 5.03. The van der Waals surface area contributed by atoms with E-state index in [4.69, 9.17) is 9.15 Å². The molecule has 1 unspecified atom stereocenters. The van der Waals surface area contributed by atoms with Gasteiger partial charge in [-0.15, -0.1) is 0 Å². The fraction of sp³-hybridized carbons (Fsp3) is 0.188. The summed E-state index contributed by atoms with van der Waals surface area (Å²) in [4.78, 5) is 8.84. The Labute approximate surface area is 127 Å². The lowest BCUT2D eigenvalue weighted by molar-refractivity contribution is 0.409. The zero-order chi connectivity index (χ0) is 14.9. The van der Waals surface area contributed by atoms with Gasteiger partial charge in [-0.25, -0.2) is 9.67 Å². The van der Waals surface area contributed by atoms with Gasteiger partial charge in [0.15, 0.2) is 0 Å². The van der Waals surface area contributed by atoms with Crippen LogP contribution in [0.5, 0.6) is 5.75 Å². The van der Waals surface area contributed by atoms with Crippen molar-refractivity contribution in [3.63, 3.8) is 0 Å². The number of benzene rings is 1.